The van der Waals surface area contributed by atoms with Crippen LogP contribution >= 0.6 is 34.7 Å². The van der Waals surface area contributed by atoms with Gasteiger partial charge < -0.3 is 0 Å². The number of hydrogen-bond acceptors (Lipinski definition) is 7. The van der Waals surface area contributed by atoms with E-state index in [2.05, 4.69) is 29.4 Å². The highest BCUT2D eigenvalue weighted by Crippen LogP contribution is 2.29. The van der Waals surface area contributed by atoms with Crippen LogP contribution < -0.4 is 9.62 Å². The highest BCUT2D eigenvalue weighted by molar-refractivity contribution is 8.01. The Kier molecular flexibility index (Phi) is 8.16. The molecule has 3 aromatic rings. The molecule has 0 bridgehead atoms. The van der Waals surface area contributed by atoms with Gasteiger partial charge in [-0.25, -0.2) is 8.42 Å². The third kappa shape index (κ3) is 6.22. The van der Waals surface area contributed by atoms with Crippen LogP contribution in [0.1, 0.15) is 19.4 Å². The first-order valence-corrected chi connectivity index (χ1v) is 13.4. The van der Waals surface area contributed by atoms with Crippen LogP contribution in [0.5, 0.6) is 0 Å². The first-order valence-electron chi connectivity index (χ1n) is 9.77. The molecule has 0 saturated heterocycles. The topological polar surface area (TPSA) is 92.3 Å². The van der Waals surface area contributed by atoms with Crippen molar-refractivity contribution >= 4 is 61.4 Å². The van der Waals surface area contributed by atoms with Crippen LogP contribution in [0.25, 0.3) is 0 Å². The van der Waals surface area contributed by atoms with Crippen molar-refractivity contribution in [3.63, 3.8) is 0 Å². The lowest BCUT2D eigenvalue weighted by Crippen LogP contribution is -2.38. The summed E-state index contributed by atoms with van der Waals surface area (Å²) in [4.78, 5) is 12.9. The van der Waals surface area contributed by atoms with E-state index in [4.69, 9.17) is 11.6 Å². The summed E-state index contributed by atoms with van der Waals surface area (Å²) in [6.07, 6.45) is 0. The van der Waals surface area contributed by atoms with Crippen LogP contribution in [-0.4, -0.2) is 36.8 Å². The van der Waals surface area contributed by atoms with Gasteiger partial charge in [0.15, 0.2) is 4.34 Å². The normalized spacial score (nSPS) is 11.5. The van der Waals surface area contributed by atoms with Crippen molar-refractivity contribution in [3.05, 3.63) is 59.1 Å². The second kappa shape index (κ2) is 10.7. The van der Waals surface area contributed by atoms with Gasteiger partial charge in [-0.15, -0.1) is 10.2 Å². The van der Waals surface area contributed by atoms with Crippen LogP contribution in [0.15, 0.2) is 57.8 Å². The fourth-order valence-corrected chi connectivity index (χ4v) is 5.97. The number of benzene rings is 2. The lowest BCUT2D eigenvalue weighted by molar-refractivity contribution is -0.114. The second-order valence-corrected chi connectivity index (χ2v) is 11.9. The monoisotopic (exact) mass is 510 g/mol. The van der Waals surface area contributed by atoms with E-state index in [1.807, 2.05) is 6.92 Å². The largest absolute Gasteiger partial charge is 0.299 e. The summed E-state index contributed by atoms with van der Waals surface area (Å²) in [5, 5.41) is 11.4. The molecule has 0 atom stereocenters. The summed E-state index contributed by atoms with van der Waals surface area (Å²) < 4.78 is 28.5. The average molecular weight is 511 g/mol. The van der Waals surface area contributed by atoms with Gasteiger partial charge in [0.25, 0.3) is 10.0 Å². The molecule has 170 valence electrons. The third-order valence-corrected chi connectivity index (χ3v) is 8.85. The van der Waals surface area contributed by atoms with Crippen molar-refractivity contribution < 1.29 is 13.2 Å². The molecular formula is C21H23ClN4O3S3. The van der Waals surface area contributed by atoms with Crippen LogP contribution in [0, 0.1) is 12.8 Å². The number of aromatic nitrogens is 2. The number of nitrogens with zero attached hydrogens (tertiary/aromatic N) is 3. The fraction of sp³-hybridized carbons (Fsp3) is 0.286. The molecule has 1 heterocycles. The van der Waals surface area contributed by atoms with Gasteiger partial charge in [-0.05, 0) is 42.7 Å². The number of aryl methyl sites for hydroxylation is 1. The van der Waals surface area contributed by atoms with Crippen LogP contribution in [0.3, 0.4) is 0 Å². The summed E-state index contributed by atoms with van der Waals surface area (Å²) in [6.45, 7) is 5.59. The molecule has 0 fully saturated rings. The highest BCUT2D eigenvalue weighted by atomic mass is 35.5. The van der Waals surface area contributed by atoms with Gasteiger partial charge in [0.1, 0.15) is 6.54 Å². The van der Waals surface area contributed by atoms with Gasteiger partial charge >= 0.3 is 0 Å². The Balaban J connectivity index is 1.84. The van der Waals surface area contributed by atoms with Gasteiger partial charge in [-0.3, -0.25) is 14.4 Å². The first kappa shape index (κ1) is 24.5. The zero-order valence-electron chi connectivity index (χ0n) is 17.8. The lowest BCUT2D eigenvalue weighted by atomic mass is 10.2. The Morgan fingerprint density at radius 2 is 1.91 bits per heavy atom. The SMILES string of the molecule is Cc1ccc(N(CC(=O)Nc2nnc(SCC(C)C)s2)S(=O)(=O)c2ccccc2)cc1Cl. The second-order valence-electron chi connectivity index (χ2n) is 7.38. The number of thioether (sulfide) groups is 1. The van der Waals surface area contributed by atoms with E-state index in [0.29, 0.717) is 21.8 Å². The Bertz CT molecular complexity index is 1180. The molecule has 32 heavy (non-hydrogen) atoms. The highest BCUT2D eigenvalue weighted by Gasteiger charge is 2.28. The van der Waals surface area contributed by atoms with Crippen LogP contribution in [0.4, 0.5) is 10.8 Å². The standard InChI is InChI=1S/C21H23ClN4O3S3/c1-14(2)13-30-21-25-24-20(31-21)23-19(27)12-26(16-10-9-15(3)18(22)11-16)32(28,29)17-7-5-4-6-8-17/h4-11,14H,12-13H2,1-3H3,(H,23,24,27). The quantitative estimate of drug-likeness (QED) is 0.318. The maximum Gasteiger partial charge on any atom is 0.264 e. The van der Waals surface area contributed by atoms with Crippen molar-refractivity contribution in [1.29, 1.82) is 0 Å². The minimum atomic E-state index is -4.01. The molecule has 0 aliphatic heterocycles. The van der Waals surface area contributed by atoms with Crippen LogP contribution in [0.2, 0.25) is 5.02 Å². The maximum atomic E-state index is 13.3. The molecule has 7 nitrogen and oxygen atoms in total. The molecule has 0 unspecified atom stereocenters. The number of carbonyl (C=O) groups is 1. The lowest BCUT2D eigenvalue weighted by Gasteiger charge is -2.24. The number of sulfonamides is 1. The van der Waals surface area contributed by atoms with E-state index in [-0.39, 0.29) is 4.90 Å². The Morgan fingerprint density at radius 3 is 2.56 bits per heavy atom. The molecule has 0 radical (unpaired) electrons. The summed E-state index contributed by atoms with van der Waals surface area (Å²) in [5.74, 6) is 0.859. The van der Waals surface area contributed by atoms with Gasteiger partial charge in [0.2, 0.25) is 11.0 Å². The van der Waals surface area contributed by atoms with Crippen molar-refractivity contribution in [2.45, 2.75) is 30.0 Å². The number of rotatable bonds is 9. The van der Waals surface area contributed by atoms with Crippen molar-refractivity contribution in [3.8, 4) is 0 Å². The first-order chi connectivity index (χ1) is 15.2. The number of nitrogens with one attached hydrogen (secondary N) is 1. The molecule has 0 aliphatic carbocycles. The fourth-order valence-electron chi connectivity index (χ4n) is 2.62. The third-order valence-electron chi connectivity index (χ3n) is 4.25. The van der Waals surface area contributed by atoms with E-state index in [9.17, 15) is 13.2 Å². The molecule has 1 N–H and O–H groups in total. The van der Waals surface area contributed by atoms with Crippen LogP contribution in [-0.2, 0) is 14.8 Å². The molecule has 1 amide bonds. The predicted molar refractivity (Wildman–Crippen MR) is 131 cm³/mol. The maximum absolute atomic E-state index is 13.3. The Hall–Kier alpha value is -2.14. The minimum absolute atomic E-state index is 0.0767. The van der Waals surface area contributed by atoms with Gasteiger partial charge in [-0.2, -0.15) is 0 Å². The summed E-state index contributed by atoms with van der Waals surface area (Å²) in [5.41, 5.74) is 1.10. The van der Waals surface area contributed by atoms with E-state index in [0.717, 1.165) is 20.0 Å². The molecule has 11 heteroatoms. The zero-order chi connectivity index (χ0) is 23.3. The van der Waals surface area contributed by atoms with E-state index in [1.165, 1.54) is 29.5 Å². The summed E-state index contributed by atoms with van der Waals surface area (Å²) in [7, 11) is -4.01. The summed E-state index contributed by atoms with van der Waals surface area (Å²) >= 11 is 9.05. The van der Waals surface area contributed by atoms with Crippen molar-refractivity contribution in [2.24, 2.45) is 5.92 Å². The predicted octanol–water partition coefficient (Wildman–Crippen LogP) is 5.08. The van der Waals surface area contributed by atoms with E-state index < -0.39 is 22.5 Å². The zero-order valence-corrected chi connectivity index (χ0v) is 21.0. The number of carbonyl (C=O) groups excluding carboxylic acids is 1. The van der Waals surface area contributed by atoms with E-state index >= 15 is 0 Å². The van der Waals surface area contributed by atoms with E-state index in [1.54, 1.807) is 42.1 Å². The summed E-state index contributed by atoms with van der Waals surface area (Å²) in [6, 6.07) is 12.8. The number of hydrogen-bond donors (Lipinski definition) is 1. The molecule has 0 saturated carbocycles. The Morgan fingerprint density at radius 1 is 1.19 bits per heavy atom. The molecular weight excluding hydrogens is 488 g/mol. The van der Waals surface area contributed by atoms with Crippen molar-refractivity contribution in [1.82, 2.24) is 10.2 Å². The molecule has 2 aromatic carbocycles. The molecule has 1 aromatic heterocycles. The molecule has 3 rings (SSSR count). The van der Waals surface area contributed by atoms with Gasteiger partial charge in [-0.1, -0.05) is 72.8 Å². The Labute approximate surface area is 201 Å². The number of amides is 1. The number of halogens is 1. The minimum Gasteiger partial charge on any atom is -0.299 e. The van der Waals surface area contributed by atoms with Gasteiger partial charge in [0, 0.05) is 10.8 Å². The smallest absolute Gasteiger partial charge is 0.264 e. The van der Waals surface area contributed by atoms with Gasteiger partial charge in [0.05, 0.1) is 10.6 Å². The average Bonchev–Trinajstić information content (AvgIpc) is 3.20. The van der Waals surface area contributed by atoms with Crippen molar-refractivity contribution in [2.75, 3.05) is 21.9 Å². The number of anilines is 2. The molecule has 0 aliphatic rings. The molecule has 0 spiro atoms.